The minimum absolute atomic E-state index is 0.188. The van der Waals surface area contributed by atoms with Crippen molar-refractivity contribution in [3.05, 3.63) is 29.8 Å². The Bertz CT molecular complexity index is 246. The van der Waals surface area contributed by atoms with Crippen LogP contribution in [0.15, 0.2) is 24.3 Å². The van der Waals surface area contributed by atoms with Crippen molar-refractivity contribution in [2.75, 3.05) is 19.8 Å². The second-order valence-corrected chi connectivity index (χ2v) is 3.11. The summed E-state index contributed by atoms with van der Waals surface area (Å²) in [6.45, 7) is 1.51. The van der Waals surface area contributed by atoms with Gasteiger partial charge in [0.05, 0.1) is 6.61 Å². The van der Waals surface area contributed by atoms with Crippen LogP contribution in [0.1, 0.15) is 12.0 Å². The Kier molecular flexibility index (Phi) is 5.04. The second kappa shape index (κ2) is 6.40. The van der Waals surface area contributed by atoms with Crippen LogP contribution in [-0.4, -0.2) is 24.9 Å². The van der Waals surface area contributed by atoms with E-state index in [1.165, 1.54) is 0 Å². The molecule has 0 heterocycles. The van der Waals surface area contributed by atoms with Crippen LogP contribution in [0.5, 0.6) is 5.75 Å². The van der Waals surface area contributed by atoms with Crippen molar-refractivity contribution in [2.45, 2.75) is 12.8 Å². The highest BCUT2D eigenvalue weighted by Crippen LogP contribution is 2.12. The molecule has 1 aromatic rings. The van der Waals surface area contributed by atoms with E-state index in [9.17, 15) is 0 Å². The lowest BCUT2D eigenvalue weighted by Crippen LogP contribution is -2.06. The van der Waals surface area contributed by atoms with E-state index in [4.69, 9.17) is 15.6 Å². The molecule has 78 valence electrons. The molecule has 0 saturated heterocycles. The first-order chi connectivity index (χ1) is 6.86. The fourth-order valence-corrected chi connectivity index (χ4v) is 1.15. The maximum atomic E-state index is 8.72. The molecule has 0 bridgehead atoms. The summed E-state index contributed by atoms with van der Waals surface area (Å²) < 4.78 is 5.44. The fourth-order valence-electron chi connectivity index (χ4n) is 1.15. The maximum Gasteiger partial charge on any atom is 0.119 e. The average molecular weight is 195 g/mol. The standard InChI is InChI=1S/C11H17NO2/c12-7-1-9-14-11-4-2-10(3-5-11)6-8-13/h2-5,13H,1,6-9,12H2. The second-order valence-electron chi connectivity index (χ2n) is 3.11. The first kappa shape index (κ1) is 11.0. The van der Waals surface area contributed by atoms with Gasteiger partial charge in [-0.15, -0.1) is 0 Å². The lowest BCUT2D eigenvalue weighted by molar-refractivity contribution is 0.299. The molecule has 1 rings (SSSR count). The van der Waals surface area contributed by atoms with Gasteiger partial charge >= 0.3 is 0 Å². The number of hydrogen-bond acceptors (Lipinski definition) is 3. The van der Waals surface area contributed by atoms with Gasteiger partial charge in [-0.1, -0.05) is 12.1 Å². The Labute approximate surface area is 84.5 Å². The molecule has 0 amide bonds. The quantitative estimate of drug-likeness (QED) is 0.664. The topological polar surface area (TPSA) is 55.5 Å². The molecule has 0 aromatic heterocycles. The van der Waals surface area contributed by atoms with Gasteiger partial charge in [0.1, 0.15) is 5.75 Å². The predicted molar refractivity (Wildman–Crippen MR) is 56.4 cm³/mol. The summed E-state index contributed by atoms with van der Waals surface area (Å²) in [6.07, 6.45) is 1.57. The number of rotatable bonds is 6. The van der Waals surface area contributed by atoms with Crippen LogP contribution in [0, 0.1) is 0 Å². The van der Waals surface area contributed by atoms with Gasteiger partial charge in [-0.3, -0.25) is 0 Å². The summed E-state index contributed by atoms with van der Waals surface area (Å²) in [7, 11) is 0. The van der Waals surface area contributed by atoms with Crippen LogP contribution in [-0.2, 0) is 6.42 Å². The molecular weight excluding hydrogens is 178 g/mol. The Morgan fingerprint density at radius 3 is 2.50 bits per heavy atom. The summed E-state index contributed by atoms with van der Waals surface area (Å²) >= 11 is 0. The third-order valence-corrected chi connectivity index (χ3v) is 1.94. The number of hydrogen-bond donors (Lipinski definition) is 2. The van der Waals surface area contributed by atoms with Gasteiger partial charge in [0.15, 0.2) is 0 Å². The molecule has 14 heavy (non-hydrogen) atoms. The zero-order valence-electron chi connectivity index (χ0n) is 8.28. The number of benzene rings is 1. The lowest BCUT2D eigenvalue weighted by Gasteiger charge is -2.05. The monoisotopic (exact) mass is 195 g/mol. The lowest BCUT2D eigenvalue weighted by atomic mass is 10.1. The molecule has 3 N–H and O–H groups in total. The Morgan fingerprint density at radius 1 is 1.21 bits per heavy atom. The smallest absolute Gasteiger partial charge is 0.119 e. The SMILES string of the molecule is NCCCOc1ccc(CCO)cc1. The number of aliphatic hydroxyl groups is 1. The fraction of sp³-hybridized carbons (Fsp3) is 0.455. The molecule has 0 unspecified atom stereocenters. The van der Waals surface area contributed by atoms with Gasteiger partial charge in [0, 0.05) is 6.61 Å². The van der Waals surface area contributed by atoms with Crippen LogP contribution >= 0.6 is 0 Å². The van der Waals surface area contributed by atoms with Gasteiger partial charge in [-0.2, -0.15) is 0 Å². The highest BCUT2D eigenvalue weighted by atomic mass is 16.5. The normalized spacial score (nSPS) is 10.1. The molecule has 0 atom stereocenters. The third kappa shape index (κ3) is 3.77. The first-order valence-electron chi connectivity index (χ1n) is 4.89. The Hall–Kier alpha value is -1.06. The molecule has 0 radical (unpaired) electrons. The Balaban J connectivity index is 2.38. The van der Waals surface area contributed by atoms with Crippen molar-refractivity contribution in [2.24, 2.45) is 5.73 Å². The van der Waals surface area contributed by atoms with Crippen LogP contribution in [0.2, 0.25) is 0 Å². The first-order valence-corrected chi connectivity index (χ1v) is 4.89. The van der Waals surface area contributed by atoms with Crippen molar-refractivity contribution in [1.29, 1.82) is 0 Å². The minimum Gasteiger partial charge on any atom is -0.494 e. The molecule has 0 aliphatic rings. The Morgan fingerprint density at radius 2 is 1.93 bits per heavy atom. The van der Waals surface area contributed by atoms with Crippen molar-refractivity contribution in [1.82, 2.24) is 0 Å². The van der Waals surface area contributed by atoms with Crippen molar-refractivity contribution in [3.63, 3.8) is 0 Å². The molecule has 0 saturated carbocycles. The third-order valence-electron chi connectivity index (χ3n) is 1.94. The maximum absolute atomic E-state index is 8.72. The van der Waals surface area contributed by atoms with Crippen LogP contribution in [0.3, 0.4) is 0 Å². The van der Waals surface area contributed by atoms with Gasteiger partial charge < -0.3 is 15.6 Å². The molecule has 0 aliphatic carbocycles. The van der Waals surface area contributed by atoms with Crippen molar-refractivity contribution in [3.8, 4) is 5.75 Å². The number of ether oxygens (including phenoxy) is 1. The number of aliphatic hydroxyl groups excluding tert-OH is 1. The largest absolute Gasteiger partial charge is 0.494 e. The van der Waals surface area contributed by atoms with E-state index < -0.39 is 0 Å². The van der Waals surface area contributed by atoms with Crippen LogP contribution < -0.4 is 10.5 Å². The van der Waals surface area contributed by atoms with Gasteiger partial charge in [-0.05, 0) is 37.1 Å². The summed E-state index contributed by atoms with van der Waals surface area (Å²) in [6, 6.07) is 7.77. The highest BCUT2D eigenvalue weighted by Gasteiger charge is 1.94. The van der Waals surface area contributed by atoms with Crippen LogP contribution in [0.4, 0.5) is 0 Å². The molecular formula is C11H17NO2. The zero-order chi connectivity index (χ0) is 10.2. The van der Waals surface area contributed by atoms with E-state index in [1.54, 1.807) is 0 Å². The molecule has 0 aliphatic heterocycles. The predicted octanol–water partition coefficient (Wildman–Crippen LogP) is 0.949. The van der Waals surface area contributed by atoms with E-state index in [1.807, 2.05) is 24.3 Å². The van der Waals surface area contributed by atoms with Gasteiger partial charge in [0.2, 0.25) is 0 Å². The number of nitrogens with two attached hydrogens (primary N) is 1. The molecule has 3 nitrogen and oxygen atoms in total. The minimum atomic E-state index is 0.188. The summed E-state index contributed by atoms with van der Waals surface area (Å²) in [5.74, 6) is 0.861. The van der Waals surface area contributed by atoms with E-state index >= 15 is 0 Å². The van der Waals surface area contributed by atoms with E-state index in [-0.39, 0.29) is 6.61 Å². The van der Waals surface area contributed by atoms with Gasteiger partial charge in [0.25, 0.3) is 0 Å². The zero-order valence-corrected chi connectivity index (χ0v) is 8.28. The van der Waals surface area contributed by atoms with Crippen molar-refractivity contribution >= 4 is 0 Å². The molecule has 3 heteroatoms. The molecule has 0 fully saturated rings. The summed E-state index contributed by atoms with van der Waals surface area (Å²) in [4.78, 5) is 0. The molecule has 0 spiro atoms. The summed E-state index contributed by atoms with van der Waals surface area (Å²) in [5, 5.41) is 8.72. The van der Waals surface area contributed by atoms with E-state index in [0.29, 0.717) is 19.6 Å². The highest BCUT2D eigenvalue weighted by molar-refractivity contribution is 5.27. The molecule has 1 aromatic carbocycles. The van der Waals surface area contributed by atoms with E-state index in [2.05, 4.69) is 0 Å². The van der Waals surface area contributed by atoms with Crippen LogP contribution in [0.25, 0.3) is 0 Å². The van der Waals surface area contributed by atoms with Crippen molar-refractivity contribution < 1.29 is 9.84 Å². The van der Waals surface area contributed by atoms with E-state index in [0.717, 1.165) is 17.7 Å². The average Bonchev–Trinajstić information content (AvgIpc) is 2.21. The van der Waals surface area contributed by atoms with Gasteiger partial charge in [-0.25, -0.2) is 0 Å². The summed E-state index contributed by atoms with van der Waals surface area (Å²) in [5.41, 5.74) is 6.47.